The van der Waals surface area contributed by atoms with Crippen molar-refractivity contribution in [3.8, 4) is 11.1 Å². The highest BCUT2D eigenvalue weighted by Crippen LogP contribution is 2.36. The monoisotopic (exact) mass is 465 g/mol. The van der Waals surface area contributed by atoms with Gasteiger partial charge < -0.3 is 14.4 Å². The van der Waals surface area contributed by atoms with Crippen LogP contribution in [0.15, 0.2) is 103 Å². The quantitative estimate of drug-likeness (QED) is 0.264. The lowest BCUT2D eigenvalue weighted by Crippen LogP contribution is -2.10. The lowest BCUT2D eigenvalue weighted by Gasteiger charge is -2.26. The molecule has 0 N–H and O–H groups in total. The maximum absolute atomic E-state index is 11.1. The summed E-state index contributed by atoms with van der Waals surface area (Å²) in [5.41, 5.74) is 7.08. The second-order valence-electron chi connectivity index (χ2n) is 8.14. The zero-order valence-electron chi connectivity index (χ0n) is 19.8. The molecule has 4 aromatic rings. The Morgan fingerprint density at radius 3 is 1.31 bits per heavy atom. The maximum Gasteiger partial charge on any atom is 0.302 e. The number of ether oxygens (including phenoxy) is 2. The molecule has 176 valence electrons. The van der Waals surface area contributed by atoms with Crippen molar-refractivity contribution in [1.29, 1.82) is 0 Å². The van der Waals surface area contributed by atoms with Gasteiger partial charge in [-0.2, -0.15) is 0 Å². The van der Waals surface area contributed by atoms with Crippen molar-refractivity contribution >= 4 is 29.0 Å². The van der Waals surface area contributed by atoms with Crippen molar-refractivity contribution in [2.24, 2.45) is 0 Å². The third-order valence-corrected chi connectivity index (χ3v) is 5.51. The Morgan fingerprint density at radius 1 is 0.543 bits per heavy atom. The van der Waals surface area contributed by atoms with E-state index in [0.717, 1.165) is 39.3 Å². The van der Waals surface area contributed by atoms with E-state index in [2.05, 4.69) is 41.3 Å². The van der Waals surface area contributed by atoms with Crippen LogP contribution in [0.3, 0.4) is 0 Å². The molecule has 5 heteroatoms. The topological polar surface area (TPSA) is 55.8 Å². The fourth-order valence-electron chi connectivity index (χ4n) is 3.73. The molecule has 35 heavy (non-hydrogen) atoms. The Balaban J connectivity index is 1.65. The number of esters is 2. The molecule has 0 aliphatic carbocycles. The van der Waals surface area contributed by atoms with E-state index >= 15 is 0 Å². The number of benzene rings is 4. The first-order valence-corrected chi connectivity index (χ1v) is 11.4. The Kier molecular flexibility index (Phi) is 7.58. The zero-order valence-corrected chi connectivity index (χ0v) is 19.8. The summed E-state index contributed by atoms with van der Waals surface area (Å²) in [6, 6.07) is 34.6. The van der Waals surface area contributed by atoms with Crippen LogP contribution in [0.25, 0.3) is 11.1 Å². The molecule has 5 nitrogen and oxygen atoms in total. The fraction of sp³-hybridized carbons (Fsp3) is 0.133. The van der Waals surface area contributed by atoms with Crippen LogP contribution in [-0.4, -0.2) is 11.9 Å². The molecular formula is C30H27NO4. The Labute approximate surface area is 205 Å². The highest BCUT2D eigenvalue weighted by Gasteiger charge is 2.13. The van der Waals surface area contributed by atoms with Crippen LogP contribution in [0, 0.1) is 0 Å². The summed E-state index contributed by atoms with van der Waals surface area (Å²) in [6.07, 6.45) is 0. The first-order chi connectivity index (χ1) is 17.0. The number of carbonyl (C=O) groups is 2. The lowest BCUT2D eigenvalue weighted by molar-refractivity contribution is -0.143. The van der Waals surface area contributed by atoms with Crippen LogP contribution in [-0.2, 0) is 32.3 Å². The molecule has 0 unspecified atom stereocenters. The van der Waals surface area contributed by atoms with Gasteiger partial charge in [0.25, 0.3) is 0 Å². The molecule has 0 amide bonds. The maximum atomic E-state index is 11.1. The average molecular weight is 466 g/mol. The van der Waals surface area contributed by atoms with Crippen LogP contribution in [0.5, 0.6) is 0 Å². The van der Waals surface area contributed by atoms with Gasteiger partial charge in [-0.05, 0) is 58.7 Å². The van der Waals surface area contributed by atoms with Gasteiger partial charge in [-0.3, -0.25) is 9.59 Å². The van der Waals surface area contributed by atoms with Gasteiger partial charge in [0.05, 0.1) is 0 Å². The molecule has 0 aliphatic rings. The van der Waals surface area contributed by atoms with Crippen molar-refractivity contribution in [2.45, 2.75) is 27.1 Å². The molecule has 0 aromatic heterocycles. The standard InChI is InChI=1S/C30H27NO4/c1-22(32)34-20-24-8-14-28(15-9-24)31(29-16-10-25(11-17-29)21-35-23(2)33)30-18-12-27(13-19-30)26-6-4-3-5-7-26/h3-19H,20-21H2,1-2H3. The van der Waals surface area contributed by atoms with Gasteiger partial charge in [0.15, 0.2) is 0 Å². The van der Waals surface area contributed by atoms with Gasteiger partial charge in [0.2, 0.25) is 0 Å². The number of hydrogen-bond donors (Lipinski definition) is 0. The van der Waals surface area contributed by atoms with E-state index in [9.17, 15) is 9.59 Å². The molecule has 0 fully saturated rings. The van der Waals surface area contributed by atoms with E-state index in [-0.39, 0.29) is 25.2 Å². The number of anilines is 3. The third kappa shape index (κ3) is 6.36. The van der Waals surface area contributed by atoms with Crippen LogP contribution in [0.2, 0.25) is 0 Å². The second kappa shape index (κ2) is 11.2. The predicted octanol–water partition coefficient (Wildman–Crippen LogP) is 6.95. The van der Waals surface area contributed by atoms with E-state index in [1.54, 1.807) is 0 Å². The van der Waals surface area contributed by atoms with Gasteiger partial charge >= 0.3 is 11.9 Å². The minimum Gasteiger partial charge on any atom is -0.461 e. The second-order valence-corrected chi connectivity index (χ2v) is 8.14. The van der Waals surface area contributed by atoms with E-state index in [1.165, 1.54) is 13.8 Å². The summed E-state index contributed by atoms with van der Waals surface area (Å²) in [5.74, 6) is -0.605. The fourth-order valence-corrected chi connectivity index (χ4v) is 3.73. The molecule has 0 radical (unpaired) electrons. The average Bonchev–Trinajstić information content (AvgIpc) is 2.89. The number of carbonyl (C=O) groups excluding carboxylic acids is 2. The summed E-state index contributed by atoms with van der Waals surface area (Å²) in [5, 5.41) is 0. The highest BCUT2D eigenvalue weighted by molar-refractivity contribution is 5.78. The number of hydrogen-bond acceptors (Lipinski definition) is 5. The molecule has 0 spiro atoms. The van der Waals surface area contributed by atoms with Gasteiger partial charge in [0, 0.05) is 30.9 Å². The van der Waals surface area contributed by atoms with Crippen LogP contribution in [0.4, 0.5) is 17.1 Å². The van der Waals surface area contributed by atoms with Crippen LogP contribution < -0.4 is 4.90 Å². The lowest BCUT2D eigenvalue weighted by atomic mass is 10.0. The molecule has 0 heterocycles. The van der Waals surface area contributed by atoms with E-state index in [4.69, 9.17) is 9.47 Å². The molecule has 4 rings (SSSR count). The minimum atomic E-state index is -0.303. The van der Waals surface area contributed by atoms with Crippen LogP contribution >= 0.6 is 0 Å². The molecular weight excluding hydrogens is 438 g/mol. The normalized spacial score (nSPS) is 10.5. The minimum absolute atomic E-state index is 0.242. The van der Waals surface area contributed by atoms with Gasteiger partial charge in [-0.15, -0.1) is 0 Å². The Bertz CT molecular complexity index is 1200. The first-order valence-electron chi connectivity index (χ1n) is 11.4. The van der Waals surface area contributed by atoms with Crippen molar-refractivity contribution in [2.75, 3.05) is 4.90 Å². The molecule has 4 aromatic carbocycles. The predicted molar refractivity (Wildman–Crippen MR) is 138 cm³/mol. The van der Waals surface area contributed by atoms with Crippen molar-refractivity contribution < 1.29 is 19.1 Å². The highest BCUT2D eigenvalue weighted by atomic mass is 16.5. The molecule has 0 aliphatic heterocycles. The largest absolute Gasteiger partial charge is 0.461 e. The SMILES string of the molecule is CC(=O)OCc1ccc(N(c2ccc(COC(C)=O)cc2)c2ccc(-c3ccccc3)cc2)cc1. The van der Waals surface area contributed by atoms with Crippen LogP contribution in [0.1, 0.15) is 25.0 Å². The Morgan fingerprint density at radius 2 is 0.914 bits per heavy atom. The summed E-state index contributed by atoms with van der Waals surface area (Å²) in [7, 11) is 0. The van der Waals surface area contributed by atoms with Gasteiger partial charge in [-0.25, -0.2) is 0 Å². The van der Waals surface area contributed by atoms with E-state index < -0.39 is 0 Å². The summed E-state index contributed by atoms with van der Waals surface area (Å²) >= 11 is 0. The Hall–Kier alpha value is -4.38. The molecule has 0 saturated heterocycles. The first kappa shape index (κ1) is 23.8. The summed E-state index contributed by atoms with van der Waals surface area (Å²) in [6.45, 7) is 3.29. The summed E-state index contributed by atoms with van der Waals surface area (Å²) < 4.78 is 10.2. The van der Waals surface area contributed by atoms with E-state index in [0.29, 0.717) is 0 Å². The van der Waals surface area contributed by atoms with Gasteiger partial charge in [0.1, 0.15) is 13.2 Å². The zero-order chi connectivity index (χ0) is 24.6. The number of nitrogens with zero attached hydrogens (tertiary/aromatic N) is 1. The smallest absolute Gasteiger partial charge is 0.302 e. The van der Waals surface area contributed by atoms with Crippen molar-refractivity contribution in [3.05, 3.63) is 114 Å². The summed E-state index contributed by atoms with van der Waals surface area (Å²) in [4.78, 5) is 24.4. The van der Waals surface area contributed by atoms with Crippen molar-refractivity contribution in [3.63, 3.8) is 0 Å². The molecule has 0 saturated carbocycles. The van der Waals surface area contributed by atoms with Crippen molar-refractivity contribution in [1.82, 2.24) is 0 Å². The van der Waals surface area contributed by atoms with E-state index in [1.807, 2.05) is 66.7 Å². The third-order valence-electron chi connectivity index (χ3n) is 5.51. The number of rotatable bonds is 8. The molecule has 0 atom stereocenters. The van der Waals surface area contributed by atoms with Gasteiger partial charge in [-0.1, -0.05) is 66.7 Å². The molecule has 0 bridgehead atoms.